The lowest BCUT2D eigenvalue weighted by Crippen LogP contribution is -2.48. The molecule has 2 heterocycles. The van der Waals surface area contributed by atoms with E-state index >= 15 is 0 Å². The zero-order valence-corrected chi connectivity index (χ0v) is 12.7. The number of carbonyl (C=O) groups is 1. The third kappa shape index (κ3) is 2.87. The Hall–Kier alpha value is -1.85. The molecule has 1 aromatic rings. The molecule has 2 aliphatic heterocycles. The Morgan fingerprint density at radius 1 is 1.23 bits per heavy atom. The minimum Gasteiger partial charge on any atom is -0.385 e. The van der Waals surface area contributed by atoms with Crippen LogP contribution < -0.4 is 10.2 Å². The highest BCUT2D eigenvalue weighted by Crippen LogP contribution is 2.36. The third-order valence-electron chi connectivity index (χ3n) is 4.49. The van der Waals surface area contributed by atoms with E-state index in [0.717, 1.165) is 30.6 Å². The fourth-order valence-electron chi connectivity index (χ4n) is 3.23. The number of nitrogens with one attached hydrogen (secondary N) is 1. The van der Waals surface area contributed by atoms with E-state index in [1.54, 1.807) is 17.9 Å². The maximum absolute atomic E-state index is 13.4. The summed E-state index contributed by atoms with van der Waals surface area (Å²) in [6.07, 6.45) is -0.542. The first-order valence-corrected chi connectivity index (χ1v) is 7.75. The van der Waals surface area contributed by atoms with Crippen LogP contribution in [0.15, 0.2) is 12.1 Å². The van der Waals surface area contributed by atoms with Gasteiger partial charge in [0, 0.05) is 56.6 Å². The molecule has 1 N–H and O–H groups in total. The van der Waals surface area contributed by atoms with Crippen molar-refractivity contribution in [3.63, 3.8) is 0 Å². The van der Waals surface area contributed by atoms with Crippen LogP contribution in [-0.2, 0) is 11.2 Å². The zero-order valence-electron chi connectivity index (χ0n) is 12.7. The number of anilines is 2. The van der Waals surface area contributed by atoms with Crippen molar-refractivity contribution < 1.29 is 13.6 Å². The molecule has 1 amide bonds. The van der Waals surface area contributed by atoms with Crippen LogP contribution in [0.2, 0.25) is 0 Å². The van der Waals surface area contributed by atoms with Crippen LogP contribution in [0.3, 0.4) is 0 Å². The number of amides is 1. The number of hydrogen-bond acceptors (Lipinski definition) is 3. The summed E-state index contributed by atoms with van der Waals surface area (Å²) < 4.78 is 26.9. The number of alkyl halides is 2. The molecule has 3 rings (SSSR count). The summed E-state index contributed by atoms with van der Waals surface area (Å²) in [4.78, 5) is 15.1. The molecule has 0 spiro atoms. The Morgan fingerprint density at radius 3 is 2.59 bits per heavy atom. The first-order chi connectivity index (χ1) is 10.6. The molecule has 1 saturated heterocycles. The molecule has 6 heteroatoms. The Bertz CT molecular complexity index is 569. The Balaban J connectivity index is 1.87. The second kappa shape index (κ2) is 6.10. The normalized spacial score (nSPS) is 18.2. The number of rotatable bonds is 2. The van der Waals surface area contributed by atoms with Crippen molar-refractivity contribution in [1.82, 2.24) is 4.90 Å². The van der Waals surface area contributed by atoms with Gasteiger partial charge in [-0.3, -0.25) is 4.79 Å². The van der Waals surface area contributed by atoms with Crippen molar-refractivity contribution in [2.45, 2.75) is 26.2 Å². The number of carbonyl (C=O) groups excluding carboxylic acids is 1. The lowest BCUT2D eigenvalue weighted by molar-refractivity contribution is -0.129. The van der Waals surface area contributed by atoms with Gasteiger partial charge in [-0.2, -0.15) is 0 Å². The second-order valence-electron chi connectivity index (χ2n) is 5.89. The molecule has 1 fully saturated rings. The highest BCUT2D eigenvalue weighted by Gasteiger charge is 2.25. The molecule has 0 atom stereocenters. The van der Waals surface area contributed by atoms with Crippen molar-refractivity contribution in [2.24, 2.45) is 0 Å². The quantitative estimate of drug-likeness (QED) is 0.912. The molecule has 4 nitrogen and oxygen atoms in total. The van der Waals surface area contributed by atoms with E-state index in [9.17, 15) is 13.6 Å². The largest absolute Gasteiger partial charge is 0.385 e. The maximum atomic E-state index is 13.4. The molecule has 0 saturated carbocycles. The lowest BCUT2D eigenvalue weighted by Gasteiger charge is -2.37. The smallest absolute Gasteiger partial charge is 0.265 e. The predicted molar refractivity (Wildman–Crippen MR) is 82.7 cm³/mol. The van der Waals surface area contributed by atoms with Gasteiger partial charge in [0.05, 0.1) is 0 Å². The molecular formula is C16H21F2N3O. The zero-order chi connectivity index (χ0) is 15.7. The molecule has 120 valence electrons. The van der Waals surface area contributed by atoms with Crippen molar-refractivity contribution in [1.29, 1.82) is 0 Å². The van der Waals surface area contributed by atoms with Crippen LogP contribution in [-0.4, -0.2) is 43.5 Å². The van der Waals surface area contributed by atoms with E-state index in [2.05, 4.69) is 5.32 Å². The number of piperazine rings is 1. The highest BCUT2D eigenvalue weighted by atomic mass is 19.3. The van der Waals surface area contributed by atoms with Gasteiger partial charge in [-0.1, -0.05) is 0 Å². The minimum absolute atomic E-state index is 0.0448. The Labute approximate surface area is 129 Å². The standard InChI is InChI=1S/C16H21F2N3O/c1-11(22)20-5-7-21(8-6-20)15-9-12-3-2-4-19-14(12)10-13(15)16(17)18/h9-10,16,19H,2-8H2,1H3. The van der Waals surface area contributed by atoms with Gasteiger partial charge in [-0.25, -0.2) is 8.78 Å². The summed E-state index contributed by atoms with van der Waals surface area (Å²) in [7, 11) is 0. The molecule has 2 aliphatic rings. The van der Waals surface area contributed by atoms with Crippen molar-refractivity contribution in [3.05, 3.63) is 23.3 Å². The van der Waals surface area contributed by atoms with Gasteiger partial charge in [0.25, 0.3) is 6.43 Å². The molecule has 0 radical (unpaired) electrons. The number of nitrogens with zero attached hydrogens (tertiary/aromatic N) is 2. The number of fused-ring (bicyclic) bond motifs is 1. The van der Waals surface area contributed by atoms with Crippen LogP contribution in [0.1, 0.15) is 30.9 Å². The molecule has 1 aromatic carbocycles. The van der Waals surface area contributed by atoms with E-state index in [4.69, 9.17) is 0 Å². The Kier molecular flexibility index (Phi) is 4.18. The number of aryl methyl sites for hydroxylation is 1. The average molecular weight is 309 g/mol. The fraction of sp³-hybridized carbons (Fsp3) is 0.562. The van der Waals surface area contributed by atoms with Gasteiger partial charge in [0.15, 0.2) is 0 Å². The lowest BCUT2D eigenvalue weighted by atomic mass is 9.98. The van der Waals surface area contributed by atoms with E-state index in [0.29, 0.717) is 31.9 Å². The van der Waals surface area contributed by atoms with E-state index in [-0.39, 0.29) is 11.5 Å². The van der Waals surface area contributed by atoms with E-state index in [1.165, 1.54) is 0 Å². The van der Waals surface area contributed by atoms with Gasteiger partial charge in [0.2, 0.25) is 5.91 Å². The van der Waals surface area contributed by atoms with Crippen LogP contribution in [0.4, 0.5) is 20.2 Å². The van der Waals surface area contributed by atoms with E-state index < -0.39 is 6.43 Å². The summed E-state index contributed by atoms with van der Waals surface area (Å²) in [5.41, 5.74) is 2.66. The van der Waals surface area contributed by atoms with Gasteiger partial charge < -0.3 is 15.1 Å². The van der Waals surface area contributed by atoms with Crippen LogP contribution in [0.25, 0.3) is 0 Å². The SMILES string of the molecule is CC(=O)N1CCN(c2cc3c(cc2C(F)F)NCCC3)CC1. The van der Waals surface area contributed by atoms with Crippen molar-refractivity contribution >= 4 is 17.3 Å². The molecule has 0 aromatic heterocycles. The van der Waals surface area contributed by atoms with Gasteiger partial charge in [0.1, 0.15) is 0 Å². The fourth-order valence-corrected chi connectivity index (χ4v) is 3.23. The molecule has 0 aliphatic carbocycles. The van der Waals surface area contributed by atoms with Gasteiger partial charge in [-0.15, -0.1) is 0 Å². The molecular weight excluding hydrogens is 288 g/mol. The van der Waals surface area contributed by atoms with Gasteiger partial charge in [-0.05, 0) is 30.5 Å². The topological polar surface area (TPSA) is 35.6 Å². The first-order valence-electron chi connectivity index (χ1n) is 7.75. The summed E-state index contributed by atoms with van der Waals surface area (Å²) in [6, 6.07) is 3.51. The first kappa shape index (κ1) is 15.1. The number of benzene rings is 1. The monoisotopic (exact) mass is 309 g/mol. The summed E-state index contributed by atoms with van der Waals surface area (Å²) >= 11 is 0. The number of halogens is 2. The van der Waals surface area contributed by atoms with Crippen molar-refractivity contribution in [2.75, 3.05) is 42.9 Å². The maximum Gasteiger partial charge on any atom is 0.265 e. The minimum atomic E-state index is -2.49. The van der Waals surface area contributed by atoms with Gasteiger partial charge >= 0.3 is 0 Å². The third-order valence-corrected chi connectivity index (χ3v) is 4.49. The van der Waals surface area contributed by atoms with Crippen LogP contribution in [0.5, 0.6) is 0 Å². The molecule has 0 unspecified atom stereocenters. The average Bonchev–Trinajstić information content (AvgIpc) is 2.53. The predicted octanol–water partition coefficient (Wildman–Crippen LogP) is 2.65. The summed E-state index contributed by atoms with van der Waals surface area (Å²) in [5.74, 6) is 0.0448. The summed E-state index contributed by atoms with van der Waals surface area (Å²) in [6.45, 7) is 4.77. The Morgan fingerprint density at radius 2 is 1.95 bits per heavy atom. The van der Waals surface area contributed by atoms with Crippen LogP contribution >= 0.6 is 0 Å². The second-order valence-corrected chi connectivity index (χ2v) is 5.89. The van der Waals surface area contributed by atoms with Crippen LogP contribution in [0, 0.1) is 0 Å². The highest BCUT2D eigenvalue weighted by molar-refractivity contribution is 5.74. The number of hydrogen-bond donors (Lipinski definition) is 1. The molecule has 0 bridgehead atoms. The molecule has 22 heavy (non-hydrogen) atoms. The van der Waals surface area contributed by atoms with E-state index in [1.807, 2.05) is 11.0 Å². The summed E-state index contributed by atoms with van der Waals surface area (Å²) in [5, 5.41) is 3.21. The van der Waals surface area contributed by atoms with Crippen molar-refractivity contribution in [3.8, 4) is 0 Å².